The minimum atomic E-state index is -0.519. The van der Waals surface area contributed by atoms with Crippen molar-refractivity contribution in [2.45, 2.75) is 45.7 Å². The van der Waals surface area contributed by atoms with Gasteiger partial charge in [0.05, 0.1) is 0 Å². The summed E-state index contributed by atoms with van der Waals surface area (Å²) in [6.07, 6.45) is 1.35. The zero-order valence-corrected chi connectivity index (χ0v) is 17.8. The quantitative estimate of drug-likeness (QED) is 0.628. The Balaban J connectivity index is 2.19. The van der Waals surface area contributed by atoms with E-state index in [9.17, 15) is 9.59 Å². The normalized spacial score (nSPS) is 11.7. The molecule has 0 radical (unpaired) electrons. The maximum atomic E-state index is 13.1. The maximum absolute atomic E-state index is 13.1. The first-order valence-electron chi connectivity index (χ1n) is 9.51. The van der Waals surface area contributed by atoms with E-state index in [4.69, 9.17) is 23.2 Å². The molecule has 0 aliphatic heterocycles. The van der Waals surface area contributed by atoms with Gasteiger partial charge >= 0.3 is 0 Å². The Labute approximate surface area is 176 Å². The molecule has 2 aromatic carbocycles. The third kappa shape index (κ3) is 6.25. The van der Waals surface area contributed by atoms with Gasteiger partial charge < -0.3 is 10.2 Å². The van der Waals surface area contributed by atoms with E-state index in [2.05, 4.69) is 5.32 Å². The summed E-state index contributed by atoms with van der Waals surface area (Å²) in [5.41, 5.74) is 1.85. The predicted molar refractivity (Wildman–Crippen MR) is 115 cm³/mol. The smallest absolute Gasteiger partial charge is 0.242 e. The first kappa shape index (κ1) is 22.3. The highest BCUT2D eigenvalue weighted by atomic mass is 35.5. The van der Waals surface area contributed by atoms with Gasteiger partial charge in [0.15, 0.2) is 0 Å². The molecular weight excluding hydrogens is 395 g/mol. The summed E-state index contributed by atoms with van der Waals surface area (Å²) >= 11 is 12.2. The van der Waals surface area contributed by atoms with Crippen LogP contribution in [-0.2, 0) is 22.6 Å². The van der Waals surface area contributed by atoms with Crippen LogP contribution in [0.4, 0.5) is 0 Å². The maximum Gasteiger partial charge on any atom is 0.242 e. The van der Waals surface area contributed by atoms with Crippen molar-refractivity contribution in [1.82, 2.24) is 10.2 Å². The minimum Gasteiger partial charge on any atom is -0.355 e. The molecule has 0 saturated heterocycles. The van der Waals surface area contributed by atoms with Gasteiger partial charge in [0.1, 0.15) is 6.04 Å². The first-order valence-corrected chi connectivity index (χ1v) is 10.3. The lowest BCUT2D eigenvalue weighted by molar-refractivity contribution is -0.141. The molecule has 0 bridgehead atoms. The summed E-state index contributed by atoms with van der Waals surface area (Å²) in [6, 6.07) is 14.3. The standard InChI is InChI=1S/C22H26Cl2N2O2/c1-3-20(22(28)25-4-2)26(15-16-9-12-18(23)13-10-16)21(27)14-11-17-7-5-6-8-19(17)24/h5-10,12-13,20H,3-4,11,14-15H2,1-2H3,(H,25,28)/t20-/m1/s1. The fourth-order valence-electron chi connectivity index (χ4n) is 3.08. The van der Waals surface area contributed by atoms with Crippen LogP contribution in [0.25, 0.3) is 0 Å². The molecule has 0 aliphatic rings. The van der Waals surface area contributed by atoms with Gasteiger partial charge in [0, 0.05) is 29.6 Å². The average molecular weight is 421 g/mol. The number of carbonyl (C=O) groups excluding carboxylic acids is 2. The Morgan fingerprint density at radius 3 is 2.32 bits per heavy atom. The summed E-state index contributed by atoms with van der Waals surface area (Å²) in [7, 11) is 0. The van der Waals surface area contributed by atoms with E-state index in [1.165, 1.54) is 0 Å². The zero-order valence-electron chi connectivity index (χ0n) is 16.3. The molecule has 150 valence electrons. The summed E-state index contributed by atoms with van der Waals surface area (Å²) in [5, 5.41) is 4.12. The van der Waals surface area contributed by atoms with Crippen molar-refractivity contribution in [3.05, 3.63) is 69.7 Å². The van der Waals surface area contributed by atoms with Crippen molar-refractivity contribution >= 4 is 35.0 Å². The summed E-state index contributed by atoms with van der Waals surface area (Å²) in [6.45, 7) is 4.66. The fraction of sp³-hybridized carbons (Fsp3) is 0.364. The fourth-order valence-corrected chi connectivity index (χ4v) is 3.44. The number of halogens is 2. The molecular formula is C22H26Cl2N2O2. The molecule has 1 N–H and O–H groups in total. The highest BCUT2D eigenvalue weighted by Crippen LogP contribution is 2.20. The number of carbonyl (C=O) groups is 2. The zero-order chi connectivity index (χ0) is 20.5. The van der Waals surface area contributed by atoms with Gasteiger partial charge in [-0.05, 0) is 49.1 Å². The number of nitrogens with one attached hydrogen (secondary N) is 1. The summed E-state index contributed by atoms with van der Waals surface area (Å²) < 4.78 is 0. The van der Waals surface area contributed by atoms with Crippen molar-refractivity contribution < 1.29 is 9.59 Å². The van der Waals surface area contributed by atoms with Crippen LogP contribution in [0.5, 0.6) is 0 Å². The second kappa shape index (κ2) is 11.1. The van der Waals surface area contributed by atoms with E-state index < -0.39 is 6.04 Å². The van der Waals surface area contributed by atoms with Gasteiger partial charge in [0.25, 0.3) is 0 Å². The molecule has 1 atom stereocenters. The molecule has 2 amide bonds. The van der Waals surface area contributed by atoms with Crippen LogP contribution >= 0.6 is 23.2 Å². The molecule has 0 saturated carbocycles. The number of rotatable bonds is 9. The molecule has 6 heteroatoms. The lowest BCUT2D eigenvalue weighted by Crippen LogP contribution is -2.49. The Morgan fingerprint density at radius 1 is 1.04 bits per heavy atom. The molecule has 28 heavy (non-hydrogen) atoms. The second-order valence-electron chi connectivity index (χ2n) is 6.56. The molecule has 2 rings (SSSR count). The number of amides is 2. The third-order valence-corrected chi connectivity index (χ3v) is 5.19. The summed E-state index contributed by atoms with van der Waals surface area (Å²) in [5.74, 6) is -0.210. The van der Waals surface area contributed by atoms with Crippen LogP contribution in [0.1, 0.15) is 37.8 Å². The molecule has 4 nitrogen and oxygen atoms in total. The van der Waals surface area contributed by atoms with E-state index in [0.29, 0.717) is 36.0 Å². The lowest BCUT2D eigenvalue weighted by Gasteiger charge is -2.30. The molecule has 0 aromatic heterocycles. The Bertz CT molecular complexity index is 793. The van der Waals surface area contributed by atoms with Crippen molar-refractivity contribution in [2.24, 2.45) is 0 Å². The Hall–Kier alpha value is -2.04. The van der Waals surface area contributed by atoms with Crippen LogP contribution in [0, 0.1) is 0 Å². The molecule has 0 unspecified atom stereocenters. The van der Waals surface area contributed by atoms with E-state index in [1.807, 2.05) is 50.2 Å². The highest BCUT2D eigenvalue weighted by molar-refractivity contribution is 6.31. The number of benzene rings is 2. The SMILES string of the molecule is CCNC(=O)[C@@H](CC)N(Cc1ccc(Cl)cc1)C(=O)CCc1ccccc1Cl. The van der Waals surface area contributed by atoms with Crippen molar-refractivity contribution in [2.75, 3.05) is 6.54 Å². The monoisotopic (exact) mass is 420 g/mol. The molecule has 0 aliphatic carbocycles. The molecule has 0 fully saturated rings. The highest BCUT2D eigenvalue weighted by Gasteiger charge is 2.28. The van der Waals surface area contributed by atoms with Gasteiger partial charge in [-0.25, -0.2) is 0 Å². The average Bonchev–Trinajstić information content (AvgIpc) is 2.68. The van der Waals surface area contributed by atoms with Gasteiger partial charge in [0.2, 0.25) is 11.8 Å². The number of hydrogen-bond donors (Lipinski definition) is 1. The Kier molecular flexibility index (Phi) is 8.81. The van der Waals surface area contributed by atoms with Crippen molar-refractivity contribution in [1.29, 1.82) is 0 Å². The van der Waals surface area contributed by atoms with Crippen LogP contribution in [-0.4, -0.2) is 29.3 Å². The van der Waals surface area contributed by atoms with Crippen molar-refractivity contribution in [3.8, 4) is 0 Å². The van der Waals surface area contributed by atoms with Gasteiger partial charge in [-0.1, -0.05) is 60.5 Å². The third-order valence-electron chi connectivity index (χ3n) is 4.57. The second-order valence-corrected chi connectivity index (χ2v) is 7.40. The van der Waals surface area contributed by atoms with E-state index in [1.54, 1.807) is 17.0 Å². The van der Waals surface area contributed by atoms with Crippen LogP contribution < -0.4 is 5.32 Å². The first-order chi connectivity index (χ1) is 13.5. The predicted octanol–water partition coefficient (Wildman–Crippen LogP) is 4.87. The number of likely N-dealkylation sites (N-methyl/N-ethyl adjacent to an activating group) is 1. The summed E-state index contributed by atoms with van der Waals surface area (Å²) in [4.78, 5) is 27.3. The topological polar surface area (TPSA) is 49.4 Å². The van der Waals surface area contributed by atoms with E-state index in [-0.39, 0.29) is 18.2 Å². The van der Waals surface area contributed by atoms with Crippen molar-refractivity contribution in [3.63, 3.8) is 0 Å². The largest absolute Gasteiger partial charge is 0.355 e. The van der Waals surface area contributed by atoms with E-state index >= 15 is 0 Å². The molecule has 0 heterocycles. The van der Waals surface area contributed by atoms with Gasteiger partial charge in [-0.3, -0.25) is 9.59 Å². The lowest BCUT2D eigenvalue weighted by atomic mass is 10.1. The number of hydrogen-bond acceptors (Lipinski definition) is 2. The molecule has 2 aromatic rings. The van der Waals surface area contributed by atoms with Crippen LogP contribution in [0.15, 0.2) is 48.5 Å². The van der Waals surface area contributed by atoms with E-state index in [0.717, 1.165) is 11.1 Å². The minimum absolute atomic E-state index is 0.0760. The molecule has 0 spiro atoms. The van der Waals surface area contributed by atoms with Gasteiger partial charge in [-0.15, -0.1) is 0 Å². The Morgan fingerprint density at radius 2 is 1.71 bits per heavy atom. The van der Waals surface area contributed by atoms with Crippen LogP contribution in [0.2, 0.25) is 10.0 Å². The van der Waals surface area contributed by atoms with Gasteiger partial charge in [-0.2, -0.15) is 0 Å². The number of nitrogens with zero attached hydrogens (tertiary/aromatic N) is 1. The number of aryl methyl sites for hydroxylation is 1. The van der Waals surface area contributed by atoms with Crippen LogP contribution in [0.3, 0.4) is 0 Å².